The van der Waals surface area contributed by atoms with Crippen LogP contribution in [0.25, 0.3) is 0 Å². The number of benzene rings is 1. The van der Waals surface area contributed by atoms with Gasteiger partial charge >= 0.3 is 0 Å². The highest BCUT2D eigenvalue weighted by atomic mass is 127. The first-order chi connectivity index (χ1) is 13.3. The minimum atomic E-state index is -0.541. The predicted octanol–water partition coefficient (Wildman–Crippen LogP) is 3.01. The Morgan fingerprint density at radius 1 is 1.50 bits per heavy atom. The van der Waals surface area contributed by atoms with Gasteiger partial charge in [0, 0.05) is 28.4 Å². The van der Waals surface area contributed by atoms with Crippen LogP contribution in [0.15, 0.2) is 27.8 Å². The normalized spacial score (nSPS) is 10.7. The van der Waals surface area contributed by atoms with Crippen molar-refractivity contribution >= 4 is 50.6 Å². The molecule has 0 saturated heterocycles. The highest BCUT2D eigenvalue weighted by Gasteiger charge is 2.14. The highest BCUT2D eigenvalue weighted by molar-refractivity contribution is 14.1. The quantitative estimate of drug-likeness (QED) is 0.306. The predicted molar refractivity (Wildman–Crippen MR) is 114 cm³/mol. The Morgan fingerprint density at radius 3 is 2.93 bits per heavy atom. The molecule has 28 heavy (non-hydrogen) atoms. The van der Waals surface area contributed by atoms with Gasteiger partial charge in [0.05, 0.1) is 16.4 Å². The Kier molecular flexibility index (Phi) is 8.16. The van der Waals surface area contributed by atoms with Crippen molar-refractivity contribution in [2.75, 3.05) is 13.7 Å². The van der Waals surface area contributed by atoms with Crippen LogP contribution in [-0.4, -0.2) is 35.9 Å². The number of halogens is 2. The molecule has 2 rings (SSSR count). The summed E-state index contributed by atoms with van der Waals surface area (Å²) in [7, 11) is 1.52. The van der Waals surface area contributed by atoms with Crippen molar-refractivity contribution < 1.29 is 19.4 Å². The van der Waals surface area contributed by atoms with E-state index in [0.717, 1.165) is 4.47 Å². The molecule has 0 atom stereocenters. The van der Waals surface area contributed by atoms with Gasteiger partial charge in [-0.15, -0.1) is 0 Å². The van der Waals surface area contributed by atoms with E-state index in [1.165, 1.54) is 13.3 Å². The maximum Gasteiger partial charge on any atom is 0.278 e. The second kappa shape index (κ2) is 10.4. The standard InChI is InChI=1S/C18H16BrIN4O4/c1-10-3-12(8-27-2)14(6-21)18(23-10)28-9-16(25)24-22-7-11-4-13(19)5-15(20)17(11)26/h3-5,7,26H,8-9H2,1-2H3,(H,24,25)/b22-7-. The number of phenolic OH excluding ortho intramolecular Hbond substituents is 1. The lowest BCUT2D eigenvalue weighted by molar-refractivity contribution is -0.123. The largest absolute Gasteiger partial charge is 0.506 e. The SMILES string of the molecule is COCc1cc(C)nc(OCC(=O)N/N=C\c2cc(Br)cc(I)c2O)c1C#N. The molecule has 1 aromatic carbocycles. The van der Waals surface area contributed by atoms with E-state index in [2.05, 4.69) is 31.4 Å². The van der Waals surface area contributed by atoms with Gasteiger partial charge in [0.15, 0.2) is 6.61 Å². The summed E-state index contributed by atoms with van der Waals surface area (Å²) in [6.45, 7) is 1.61. The molecule has 2 N–H and O–H groups in total. The van der Waals surface area contributed by atoms with Gasteiger partial charge in [-0.2, -0.15) is 10.4 Å². The van der Waals surface area contributed by atoms with Gasteiger partial charge in [0.2, 0.25) is 5.88 Å². The molecular formula is C18H16BrIN4O4. The van der Waals surface area contributed by atoms with Crippen molar-refractivity contribution in [3.63, 3.8) is 0 Å². The number of nitriles is 1. The smallest absolute Gasteiger partial charge is 0.278 e. The Hall–Kier alpha value is -2.23. The zero-order valence-electron chi connectivity index (χ0n) is 15.0. The number of phenols is 1. The van der Waals surface area contributed by atoms with Gasteiger partial charge < -0.3 is 14.6 Å². The van der Waals surface area contributed by atoms with Crippen molar-refractivity contribution in [1.29, 1.82) is 5.26 Å². The molecule has 8 nitrogen and oxygen atoms in total. The lowest BCUT2D eigenvalue weighted by Gasteiger charge is -2.10. The van der Waals surface area contributed by atoms with Gasteiger partial charge in [-0.1, -0.05) is 15.9 Å². The Labute approximate surface area is 183 Å². The third kappa shape index (κ3) is 5.88. The summed E-state index contributed by atoms with van der Waals surface area (Å²) in [5.74, 6) is -0.417. The summed E-state index contributed by atoms with van der Waals surface area (Å²) in [6.07, 6.45) is 1.32. The molecule has 0 spiro atoms. The molecule has 146 valence electrons. The summed E-state index contributed by atoms with van der Waals surface area (Å²) >= 11 is 5.31. The van der Waals surface area contributed by atoms with Crippen LogP contribution in [-0.2, 0) is 16.1 Å². The van der Waals surface area contributed by atoms with Crippen LogP contribution in [0.1, 0.15) is 22.4 Å². The minimum Gasteiger partial charge on any atom is -0.506 e. The van der Waals surface area contributed by atoms with E-state index >= 15 is 0 Å². The number of carbonyl (C=O) groups excluding carboxylic acids is 1. The first-order valence-corrected chi connectivity index (χ1v) is 9.75. The number of hydrazone groups is 1. The zero-order chi connectivity index (χ0) is 20.7. The van der Waals surface area contributed by atoms with Crippen molar-refractivity contribution in [1.82, 2.24) is 10.4 Å². The van der Waals surface area contributed by atoms with Crippen LogP contribution >= 0.6 is 38.5 Å². The van der Waals surface area contributed by atoms with Crippen LogP contribution < -0.4 is 10.2 Å². The fraction of sp³-hybridized carbons (Fsp3) is 0.222. The number of pyridine rings is 1. The van der Waals surface area contributed by atoms with Crippen molar-refractivity contribution in [3.8, 4) is 17.7 Å². The molecule has 0 fully saturated rings. The number of hydrogen-bond acceptors (Lipinski definition) is 7. The summed E-state index contributed by atoms with van der Waals surface area (Å²) in [4.78, 5) is 16.1. The monoisotopic (exact) mass is 558 g/mol. The number of amides is 1. The Morgan fingerprint density at radius 2 is 2.25 bits per heavy atom. The molecule has 0 radical (unpaired) electrons. The fourth-order valence-corrected chi connectivity index (χ4v) is 3.78. The molecule has 1 aromatic heterocycles. The second-order valence-electron chi connectivity index (χ2n) is 5.56. The summed E-state index contributed by atoms with van der Waals surface area (Å²) in [6, 6.07) is 7.16. The van der Waals surface area contributed by atoms with Gasteiger partial charge in [0.1, 0.15) is 17.4 Å². The number of aryl methyl sites for hydroxylation is 1. The number of aromatic nitrogens is 1. The maximum atomic E-state index is 12.0. The van der Waals surface area contributed by atoms with E-state index in [1.54, 1.807) is 25.1 Å². The highest BCUT2D eigenvalue weighted by Crippen LogP contribution is 2.27. The number of rotatable bonds is 7. The lowest BCUT2D eigenvalue weighted by atomic mass is 10.1. The number of hydrogen-bond donors (Lipinski definition) is 2. The minimum absolute atomic E-state index is 0.0614. The first kappa shape index (κ1) is 22.1. The van der Waals surface area contributed by atoms with Crippen LogP contribution in [0.4, 0.5) is 0 Å². The zero-order valence-corrected chi connectivity index (χ0v) is 18.7. The number of methoxy groups -OCH3 is 1. The average molecular weight is 559 g/mol. The number of carbonyl (C=O) groups is 1. The summed E-state index contributed by atoms with van der Waals surface area (Å²) in [5.41, 5.74) is 4.23. The molecular weight excluding hydrogens is 543 g/mol. The summed E-state index contributed by atoms with van der Waals surface area (Å²) < 4.78 is 11.9. The van der Waals surface area contributed by atoms with Crippen molar-refractivity contribution in [3.05, 3.63) is 48.6 Å². The van der Waals surface area contributed by atoms with E-state index in [1.807, 2.05) is 28.7 Å². The molecule has 10 heteroatoms. The summed E-state index contributed by atoms with van der Waals surface area (Å²) in [5, 5.41) is 23.1. The van der Waals surface area contributed by atoms with E-state index < -0.39 is 5.91 Å². The van der Waals surface area contributed by atoms with Crippen LogP contribution in [0.2, 0.25) is 0 Å². The number of ether oxygens (including phenoxy) is 2. The van der Waals surface area contributed by atoms with Gasteiger partial charge in [-0.3, -0.25) is 4.79 Å². The first-order valence-electron chi connectivity index (χ1n) is 7.88. The Bertz CT molecular complexity index is 960. The molecule has 0 aliphatic carbocycles. The third-order valence-electron chi connectivity index (χ3n) is 3.40. The van der Waals surface area contributed by atoms with E-state index in [9.17, 15) is 15.2 Å². The van der Waals surface area contributed by atoms with Crippen LogP contribution in [0, 0.1) is 21.8 Å². The van der Waals surface area contributed by atoms with Gasteiger partial charge in [-0.05, 0) is 47.7 Å². The van der Waals surface area contributed by atoms with Crippen LogP contribution in [0.3, 0.4) is 0 Å². The Balaban J connectivity index is 2.03. The molecule has 0 aliphatic heterocycles. The molecule has 0 bridgehead atoms. The van der Waals surface area contributed by atoms with Crippen molar-refractivity contribution in [2.45, 2.75) is 13.5 Å². The third-order valence-corrected chi connectivity index (χ3v) is 4.68. The van der Waals surface area contributed by atoms with E-state index in [4.69, 9.17) is 9.47 Å². The van der Waals surface area contributed by atoms with E-state index in [0.29, 0.717) is 20.4 Å². The van der Waals surface area contributed by atoms with E-state index in [-0.39, 0.29) is 30.4 Å². The second-order valence-corrected chi connectivity index (χ2v) is 7.63. The fourth-order valence-electron chi connectivity index (χ4n) is 2.23. The molecule has 0 saturated carbocycles. The van der Waals surface area contributed by atoms with Gasteiger partial charge in [0.25, 0.3) is 5.91 Å². The molecule has 1 heterocycles. The maximum absolute atomic E-state index is 12.0. The van der Waals surface area contributed by atoms with Gasteiger partial charge in [-0.25, -0.2) is 10.4 Å². The average Bonchev–Trinajstić information content (AvgIpc) is 2.64. The molecule has 0 aliphatic rings. The number of aromatic hydroxyl groups is 1. The van der Waals surface area contributed by atoms with Crippen LogP contribution in [0.5, 0.6) is 11.6 Å². The molecule has 0 unspecified atom stereocenters. The molecule has 1 amide bonds. The topological polar surface area (TPSA) is 117 Å². The number of nitrogens with one attached hydrogen (secondary N) is 1. The lowest BCUT2D eigenvalue weighted by Crippen LogP contribution is -2.25. The number of nitrogens with zero attached hydrogens (tertiary/aromatic N) is 3. The molecule has 2 aromatic rings. The van der Waals surface area contributed by atoms with Crippen molar-refractivity contribution in [2.24, 2.45) is 5.10 Å².